The molecule has 0 unspecified atom stereocenters. The molecule has 0 aliphatic carbocycles. The molecule has 2 heterocycles. The van der Waals surface area contributed by atoms with Crippen molar-refractivity contribution in [3.63, 3.8) is 0 Å². The quantitative estimate of drug-likeness (QED) is 0.578. The number of carbonyl (C=O) groups is 1. The zero-order chi connectivity index (χ0) is 22.1. The number of carbonyl (C=O) groups excluding carboxylic acids is 1. The van der Waals surface area contributed by atoms with Gasteiger partial charge in [0.25, 0.3) is 5.91 Å². The minimum Gasteiger partial charge on any atom is -0.494 e. The van der Waals surface area contributed by atoms with Gasteiger partial charge in [0, 0.05) is 6.54 Å². The van der Waals surface area contributed by atoms with Crippen LogP contribution in [0.1, 0.15) is 46.6 Å². The Hall–Kier alpha value is -3.12. The van der Waals surface area contributed by atoms with Gasteiger partial charge < -0.3 is 19.0 Å². The standard InChI is InChI=1S/C25H28N2O4/c1-5-30-18-10-8-17(9-11-18)22-21-23(28)19-15-16(2)7-12-20(19)31-24(21)25(29)27(22)14-6-13-26(3)4/h7-12,15,22H,5-6,13-14H2,1-4H3/t22-/m0/s1. The summed E-state index contributed by atoms with van der Waals surface area (Å²) in [5.41, 5.74) is 2.59. The molecule has 1 atom stereocenters. The first-order valence-corrected chi connectivity index (χ1v) is 10.7. The SMILES string of the molecule is CCOc1ccc([C@H]2c3c(oc4ccc(C)cc4c3=O)C(=O)N2CCCN(C)C)cc1. The van der Waals surface area contributed by atoms with Crippen LogP contribution in [-0.4, -0.2) is 49.5 Å². The van der Waals surface area contributed by atoms with Crippen LogP contribution in [0.15, 0.2) is 51.7 Å². The van der Waals surface area contributed by atoms with Crippen LogP contribution in [-0.2, 0) is 0 Å². The molecule has 0 fully saturated rings. The van der Waals surface area contributed by atoms with Gasteiger partial charge >= 0.3 is 0 Å². The number of fused-ring (bicyclic) bond motifs is 2. The molecule has 3 aromatic rings. The van der Waals surface area contributed by atoms with E-state index in [1.165, 1.54) is 0 Å². The number of ether oxygens (including phenoxy) is 1. The van der Waals surface area contributed by atoms with E-state index < -0.39 is 6.04 Å². The number of aryl methyl sites for hydroxylation is 1. The molecular formula is C25H28N2O4. The third kappa shape index (κ3) is 3.95. The molecule has 0 N–H and O–H groups in total. The summed E-state index contributed by atoms with van der Waals surface area (Å²) in [5.74, 6) is 0.688. The van der Waals surface area contributed by atoms with E-state index in [0.29, 0.717) is 29.7 Å². The molecule has 0 saturated carbocycles. The van der Waals surface area contributed by atoms with Crippen molar-refractivity contribution in [1.29, 1.82) is 0 Å². The van der Waals surface area contributed by atoms with Gasteiger partial charge in [-0.3, -0.25) is 9.59 Å². The summed E-state index contributed by atoms with van der Waals surface area (Å²) in [7, 11) is 4.01. The van der Waals surface area contributed by atoms with Gasteiger partial charge in [-0.05, 0) is 70.7 Å². The summed E-state index contributed by atoms with van der Waals surface area (Å²) in [6.07, 6.45) is 0.799. The summed E-state index contributed by atoms with van der Waals surface area (Å²) < 4.78 is 11.6. The van der Waals surface area contributed by atoms with Crippen LogP contribution in [0.5, 0.6) is 5.75 Å². The second-order valence-corrected chi connectivity index (χ2v) is 8.23. The fourth-order valence-corrected chi connectivity index (χ4v) is 4.18. The molecule has 1 aliphatic heterocycles. The van der Waals surface area contributed by atoms with Crippen molar-refractivity contribution in [2.45, 2.75) is 26.3 Å². The lowest BCUT2D eigenvalue weighted by atomic mass is 9.98. The van der Waals surface area contributed by atoms with E-state index in [0.717, 1.165) is 29.8 Å². The lowest BCUT2D eigenvalue weighted by molar-refractivity contribution is 0.0722. The molecule has 1 aliphatic rings. The summed E-state index contributed by atoms with van der Waals surface area (Å²) >= 11 is 0. The minimum atomic E-state index is -0.471. The predicted octanol–water partition coefficient (Wildman–Crippen LogP) is 4.00. The molecular weight excluding hydrogens is 392 g/mol. The highest BCUT2D eigenvalue weighted by atomic mass is 16.5. The van der Waals surface area contributed by atoms with Crippen LogP contribution in [0.25, 0.3) is 11.0 Å². The fourth-order valence-electron chi connectivity index (χ4n) is 4.18. The fraction of sp³-hybridized carbons (Fsp3) is 0.360. The van der Waals surface area contributed by atoms with Gasteiger partial charge in [-0.2, -0.15) is 0 Å². The van der Waals surface area contributed by atoms with Crippen LogP contribution in [0.4, 0.5) is 0 Å². The third-order valence-corrected chi connectivity index (χ3v) is 5.63. The van der Waals surface area contributed by atoms with E-state index in [-0.39, 0.29) is 17.1 Å². The molecule has 31 heavy (non-hydrogen) atoms. The van der Waals surface area contributed by atoms with E-state index >= 15 is 0 Å². The first-order valence-electron chi connectivity index (χ1n) is 10.7. The molecule has 6 heteroatoms. The van der Waals surface area contributed by atoms with Crippen LogP contribution in [0, 0.1) is 6.92 Å². The Bertz CT molecular complexity index is 1160. The summed E-state index contributed by atoms with van der Waals surface area (Å²) in [6, 6.07) is 12.6. The minimum absolute atomic E-state index is 0.137. The molecule has 1 amide bonds. The summed E-state index contributed by atoms with van der Waals surface area (Å²) in [4.78, 5) is 30.7. The number of benzene rings is 2. The molecule has 162 valence electrons. The molecule has 4 rings (SSSR count). The number of hydrogen-bond donors (Lipinski definition) is 0. The first kappa shape index (κ1) is 21.1. The normalized spacial score (nSPS) is 15.7. The molecule has 6 nitrogen and oxygen atoms in total. The second-order valence-electron chi connectivity index (χ2n) is 8.23. The maximum atomic E-state index is 13.5. The number of amides is 1. The predicted molar refractivity (Wildman–Crippen MR) is 121 cm³/mol. The Balaban J connectivity index is 1.84. The molecule has 0 spiro atoms. The Kier molecular flexibility index (Phi) is 5.83. The average molecular weight is 421 g/mol. The first-order chi connectivity index (χ1) is 14.9. The molecule has 2 aromatic carbocycles. The smallest absolute Gasteiger partial charge is 0.290 e. The zero-order valence-corrected chi connectivity index (χ0v) is 18.5. The van der Waals surface area contributed by atoms with Crippen molar-refractivity contribution < 1.29 is 13.9 Å². The van der Waals surface area contributed by atoms with E-state index in [4.69, 9.17) is 9.15 Å². The van der Waals surface area contributed by atoms with Gasteiger partial charge in [-0.1, -0.05) is 23.8 Å². The van der Waals surface area contributed by atoms with E-state index in [9.17, 15) is 9.59 Å². The van der Waals surface area contributed by atoms with Gasteiger partial charge in [0.15, 0.2) is 5.43 Å². The lowest BCUT2D eigenvalue weighted by Crippen LogP contribution is -2.32. The van der Waals surface area contributed by atoms with Crippen LogP contribution in [0.3, 0.4) is 0 Å². The van der Waals surface area contributed by atoms with Gasteiger partial charge in [-0.15, -0.1) is 0 Å². The highest BCUT2D eigenvalue weighted by molar-refractivity contribution is 5.99. The monoisotopic (exact) mass is 420 g/mol. The van der Waals surface area contributed by atoms with E-state index in [1.54, 1.807) is 11.0 Å². The lowest BCUT2D eigenvalue weighted by Gasteiger charge is -2.26. The molecule has 0 bridgehead atoms. The molecule has 0 saturated heterocycles. The largest absolute Gasteiger partial charge is 0.494 e. The highest BCUT2D eigenvalue weighted by Crippen LogP contribution is 2.38. The molecule has 1 aromatic heterocycles. The van der Waals surface area contributed by atoms with Crippen molar-refractivity contribution in [2.75, 3.05) is 33.8 Å². The number of nitrogens with zero attached hydrogens (tertiary/aromatic N) is 2. The van der Waals surface area contributed by atoms with Gasteiger partial charge in [-0.25, -0.2) is 0 Å². The topological polar surface area (TPSA) is 63.0 Å². The van der Waals surface area contributed by atoms with Gasteiger partial charge in [0.1, 0.15) is 11.3 Å². The van der Waals surface area contributed by atoms with Crippen molar-refractivity contribution in [3.8, 4) is 5.75 Å². The maximum absolute atomic E-state index is 13.5. The highest BCUT2D eigenvalue weighted by Gasteiger charge is 2.42. The van der Waals surface area contributed by atoms with Crippen molar-refractivity contribution in [2.24, 2.45) is 0 Å². The zero-order valence-electron chi connectivity index (χ0n) is 18.5. The summed E-state index contributed by atoms with van der Waals surface area (Å²) in [6.45, 7) is 5.83. The van der Waals surface area contributed by atoms with Crippen LogP contribution in [0.2, 0.25) is 0 Å². The van der Waals surface area contributed by atoms with Crippen LogP contribution >= 0.6 is 0 Å². The van der Waals surface area contributed by atoms with Gasteiger partial charge in [0.05, 0.1) is 23.6 Å². The van der Waals surface area contributed by atoms with Gasteiger partial charge in [0.2, 0.25) is 5.76 Å². The van der Waals surface area contributed by atoms with Crippen LogP contribution < -0.4 is 10.2 Å². The van der Waals surface area contributed by atoms with E-state index in [1.807, 2.05) is 64.3 Å². The van der Waals surface area contributed by atoms with Crippen molar-refractivity contribution >= 4 is 16.9 Å². The Morgan fingerprint density at radius 1 is 1.10 bits per heavy atom. The van der Waals surface area contributed by atoms with Crippen molar-refractivity contribution in [1.82, 2.24) is 9.80 Å². The van der Waals surface area contributed by atoms with E-state index in [2.05, 4.69) is 4.90 Å². The Labute approximate surface area is 182 Å². The number of rotatable bonds is 7. The average Bonchev–Trinajstić information content (AvgIpc) is 3.02. The third-order valence-electron chi connectivity index (χ3n) is 5.63. The van der Waals surface area contributed by atoms with Crippen molar-refractivity contribution in [3.05, 3.63) is 75.1 Å². The molecule has 0 radical (unpaired) electrons. The maximum Gasteiger partial charge on any atom is 0.290 e. The number of hydrogen-bond acceptors (Lipinski definition) is 5. The summed E-state index contributed by atoms with van der Waals surface area (Å²) in [5, 5.41) is 0.512. The second kappa shape index (κ2) is 8.55. The Morgan fingerprint density at radius 2 is 1.84 bits per heavy atom. The Morgan fingerprint density at radius 3 is 2.52 bits per heavy atom.